The number of nitrogens with zero attached hydrogens (tertiary/aromatic N) is 1. The Morgan fingerprint density at radius 1 is 0.750 bits per heavy atom. The minimum Gasteiger partial charge on any atom is -0.330 e. The van der Waals surface area contributed by atoms with Crippen molar-refractivity contribution in [2.75, 3.05) is 19.6 Å². The molecule has 0 bridgehead atoms. The number of hydrogen-bond acceptors (Lipinski definition) is 2. The van der Waals surface area contributed by atoms with Gasteiger partial charge in [-0.3, -0.25) is 4.90 Å². The Morgan fingerprint density at radius 2 is 1.35 bits per heavy atom. The molecule has 0 saturated carbocycles. The molecule has 2 N–H and O–H groups in total. The molecule has 2 aromatic carbocycles. The number of benzene rings is 2. The highest BCUT2D eigenvalue weighted by Gasteiger charge is 2.05. The van der Waals surface area contributed by atoms with Crippen LogP contribution in [-0.2, 0) is 13.0 Å². The summed E-state index contributed by atoms with van der Waals surface area (Å²) in [6.07, 6.45) is 2.15. The van der Waals surface area contributed by atoms with Crippen LogP contribution in [-0.4, -0.2) is 24.5 Å². The lowest BCUT2D eigenvalue weighted by Gasteiger charge is -2.22. The molecule has 0 heterocycles. The van der Waals surface area contributed by atoms with Crippen LogP contribution in [0, 0.1) is 0 Å². The first-order valence-corrected chi connectivity index (χ1v) is 7.39. The highest BCUT2D eigenvalue weighted by Crippen LogP contribution is 2.07. The fourth-order valence-corrected chi connectivity index (χ4v) is 2.36. The minimum absolute atomic E-state index is 0.761. The highest BCUT2D eigenvalue weighted by atomic mass is 15.1. The summed E-state index contributed by atoms with van der Waals surface area (Å²) in [6, 6.07) is 21.3. The molecule has 106 valence electrons. The van der Waals surface area contributed by atoms with Crippen LogP contribution in [0.2, 0.25) is 0 Å². The zero-order valence-corrected chi connectivity index (χ0v) is 12.0. The Hall–Kier alpha value is -1.64. The van der Waals surface area contributed by atoms with Gasteiger partial charge in [-0.25, -0.2) is 0 Å². The first-order valence-electron chi connectivity index (χ1n) is 7.39. The van der Waals surface area contributed by atoms with E-state index in [9.17, 15) is 0 Å². The fraction of sp³-hybridized carbons (Fsp3) is 0.333. The molecule has 0 aliphatic carbocycles. The molecule has 0 unspecified atom stereocenters. The maximum absolute atomic E-state index is 5.65. The summed E-state index contributed by atoms with van der Waals surface area (Å²) in [6.45, 7) is 3.92. The van der Waals surface area contributed by atoms with Crippen LogP contribution in [0.4, 0.5) is 0 Å². The van der Waals surface area contributed by atoms with Crippen LogP contribution < -0.4 is 5.73 Å². The second kappa shape index (κ2) is 8.51. The van der Waals surface area contributed by atoms with Gasteiger partial charge >= 0.3 is 0 Å². The standard InChI is InChI=1S/C18H24N2/c19-13-7-14-20(16-18-10-5-2-6-11-18)15-12-17-8-3-1-4-9-17/h1-6,8-11H,7,12-16,19H2. The second-order valence-corrected chi connectivity index (χ2v) is 5.14. The Balaban J connectivity index is 1.89. The van der Waals surface area contributed by atoms with Crippen molar-refractivity contribution >= 4 is 0 Å². The van der Waals surface area contributed by atoms with Crippen LogP contribution in [0.1, 0.15) is 17.5 Å². The quantitative estimate of drug-likeness (QED) is 0.797. The van der Waals surface area contributed by atoms with Crippen molar-refractivity contribution < 1.29 is 0 Å². The van der Waals surface area contributed by atoms with Gasteiger partial charge in [0.1, 0.15) is 0 Å². The van der Waals surface area contributed by atoms with E-state index in [1.54, 1.807) is 0 Å². The normalized spacial score (nSPS) is 10.9. The Kier molecular flexibility index (Phi) is 6.28. The van der Waals surface area contributed by atoms with Gasteiger partial charge in [-0.05, 0) is 37.1 Å². The van der Waals surface area contributed by atoms with Crippen LogP contribution >= 0.6 is 0 Å². The third-order valence-corrected chi connectivity index (χ3v) is 3.49. The molecule has 0 radical (unpaired) electrons. The van der Waals surface area contributed by atoms with Crippen LogP contribution in [0.5, 0.6) is 0 Å². The third kappa shape index (κ3) is 5.16. The van der Waals surface area contributed by atoms with Crippen molar-refractivity contribution in [2.24, 2.45) is 5.73 Å². The van der Waals surface area contributed by atoms with E-state index in [4.69, 9.17) is 5.73 Å². The van der Waals surface area contributed by atoms with Crippen molar-refractivity contribution in [1.82, 2.24) is 4.90 Å². The summed E-state index contributed by atoms with van der Waals surface area (Å²) in [5.41, 5.74) is 8.42. The first-order chi connectivity index (χ1) is 9.88. The predicted octanol–water partition coefficient (Wildman–Crippen LogP) is 3.08. The number of nitrogens with two attached hydrogens (primary N) is 1. The lowest BCUT2D eigenvalue weighted by molar-refractivity contribution is 0.267. The summed E-state index contributed by atoms with van der Waals surface area (Å²) in [7, 11) is 0. The van der Waals surface area contributed by atoms with Crippen LogP contribution in [0.15, 0.2) is 60.7 Å². The summed E-state index contributed by atoms with van der Waals surface area (Å²) < 4.78 is 0. The number of hydrogen-bond donors (Lipinski definition) is 1. The van der Waals surface area contributed by atoms with Gasteiger partial charge in [-0.1, -0.05) is 60.7 Å². The molecule has 2 heteroatoms. The molecule has 0 fully saturated rings. The zero-order valence-electron chi connectivity index (χ0n) is 12.0. The van der Waals surface area contributed by atoms with E-state index in [0.29, 0.717) is 0 Å². The van der Waals surface area contributed by atoms with Crippen molar-refractivity contribution in [1.29, 1.82) is 0 Å². The molecule has 2 nitrogen and oxygen atoms in total. The SMILES string of the molecule is NCCCN(CCc1ccccc1)Cc1ccccc1. The van der Waals surface area contributed by atoms with Crippen molar-refractivity contribution in [2.45, 2.75) is 19.4 Å². The molecule has 0 saturated heterocycles. The summed E-state index contributed by atoms with van der Waals surface area (Å²) in [4.78, 5) is 2.50. The Bertz CT molecular complexity index is 467. The van der Waals surface area contributed by atoms with Gasteiger partial charge in [0, 0.05) is 13.1 Å². The summed E-state index contributed by atoms with van der Waals surface area (Å²) in [5, 5.41) is 0. The van der Waals surface area contributed by atoms with Crippen molar-refractivity contribution in [3.63, 3.8) is 0 Å². The molecule has 0 aromatic heterocycles. The zero-order chi connectivity index (χ0) is 14.0. The van der Waals surface area contributed by atoms with Crippen molar-refractivity contribution in [3.05, 3.63) is 71.8 Å². The maximum atomic E-state index is 5.65. The van der Waals surface area contributed by atoms with Crippen LogP contribution in [0.3, 0.4) is 0 Å². The highest BCUT2D eigenvalue weighted by molar-refractivity contribution is 5.16. The number of rotatable bonds is 8. The van der Waals surface area contributed by atoms with Gasteiger partial charge in [0.2, 0.25) is 0 Å². The summed E-state index contributed by atoms with van der Waals surface area (Å²) in [5.74, 6) is 0. The molecule has 0 aliphatic heterocycles. The predicted molar refractivity (Wildman–Crippen MR) is 85.5 cm³/mol. The average molecular weight is 268 g/mol. The first kappa shape index (κ1) is 14.8. The summed E-state index contributed by atoms with van der Waals surface area (Å²) >= 11 is 0. The lowest BCUT2D eigenvalue weighted by atomic mass is 10.1. The molecule has 0 aliphatic rings. The van der Waals surface area contributed by atoms with Gasteiger partial charge in [0.05, 0.1) is 0 Å². The second-order valence-electron chi connectivity index (χ2n) is 5.14. The van der Waals surface area contributed by atoms with Gasteiger partial charge in [0.15, 0.2) is 0 Å². The lowest BCUT2D eigenvalue weighted by Crippen LogP contribution is -2.28. The van der Waals surface area contributed by atoms with E-state index in [-0.39, 0.29) is 0 Å². The molecule has 2 aromatic rings. The van der Waals surface area contributed by atoms with Gasteiger partial charge in [-0.2, -0.15) is 0 Å². The maximum Gasteiger partial charge on any atom is 0.0233 e. The topological polar surface area (TPSA) is 29.3 Å². The molecular formula is C18H24N2. The largest absolute Gasteiger partial charge is 0.330 e. The Labute approximate surface area is 122 Å². The van der Waals surface area contributed by atoms with Crippen LogP contribution in [0.25, 0.3) is 0 Å². The Morgan fingerprint density at radius 3 is 1.95 bits per heavy atom. The molecular weight excluding hydrogens is 244 g/mol. The monoisotopic (exact) mass is 268 g/mol. The minimum atomic E-state index is 0.761. The van der Waals surface area contributed by atoms with E-state index in [1.165, 1.54) is 11.1 Å². The van der Waals surface area contributed by atoms with E-state index in [2.05, 4.69) is 65.6 Å². The van der Waals surface area contributed by atoms with E-state index < -0.39 is 0 Å². The van der Waals surface area contributed by atoms with E-state index in [0.717, 1.165) is 39.0 Å². The molecule has 0 spiro atoms. The van der Waals surface area contributed by atoms with Gasteiger partial charge in [0.25, 0.3) is 0 Å². The molecule has 2 rings (SSSR count). The molecule has 20 heavy (non-hydrogen) atoms. The average Bonchev–Trinajstić information content (AvgIpc) is 2.52. The van der Waals surface area contributed by atoms with E-state index in [1.807, 2.05) is 0 Å². The van der Waals surface area contributed by atoms with E-state index >= 15 is 0 Å². The third-order valence-electron chi connectivity index (χ3n) is 3.49. The van der Waals surface area contributed by atoms with Gasteiger partial charge in [-0.15, -0.1) is 0 Å². The molecule has 0 atom stereocenters. The van der Waals surface area contributed by atoms with Gasteiger partial charge < -0.3 is 5.73 Å². The fourth-order valence-electron chi connectivity index (χ4n) is 2.36. The van der Waals surface area contributed by atoms with Crippen molar-refractivity contribution in [3.8, 4) is 0 Å². The smallest absolute Gasteiger partial charge is 0.0233 e. The molecule has 0 amide bonds.